The molecule has 2 heterocycles. The van der Waals surface area contributed by atoms with Gasteiger partial charge in [0, 0.05) is 23.5 Å². The number of nitrogens with two attached hydrogens (primary N) is 1. The minimum Gasteiger partial charge on any atom is -0.359 e. The second-order valence-corrected chi connectivity index (χ2v) is 7.34. The van der Waals surface area contributed by atoms with Gasteiger partial charge in [-0.1, -0.05) is 41.7 Å². The highest BCUT2D eigenvalue weighted by atomic mass is 32.1. The first-order chi connectivity index (χ1) is 12.7. The molecule has 0 saturated heterocycles. The van der Waals surface area contributed by atoms with Crippen LogP contribution >= 0.6 is 11.3 Å². The van der Waals surface area contributed by atoms with E-state index < -0.39 is 0 Å². The maximum atomic E-state index is 6.23. The minimum atomic E-state index is 0.0220. The van der Waals surface area contributed by atoms with E-state index in [2.05, 4.69) is 56.9 Å². The maximum absolute atomic E-state index is 6.23. The second-order valence-electron chi connectivity index (χ2n) is 6.37. The minimum absolute atomic E-state index is 0.0220. The normalized spacial score (nSPS) is 12.4. The molecule has 1 atom stereocenters. The number of hydrogen-bond donors (Lipinski definition) is 3. The fourth-order valence-electron chi connectivity index (χ4n) is 2.94. The third kappa shape index (κ3) is 3.58. The molecule has 0 fully saturated rings. The van der Waals surface area contributed by atoms with E-state index in [1.807, 2.05) is 24.4 Å². The van der Waals surface area contributed by atoms with Gasteiger partial charge in [-0.3, -0.25) is 5.10 Å². The number of rotatable bonds is 6. The molecular formula is C19H20N6S. The lowest BCUT2D eigenvalue weighted by molar-refractivity contribution is 0.698. The number of aromatic nitrogens is 4. The van der Waals surface area contributed by atoms with Crippen LogP contribution < -0.4 is 11.1 Å². The van der Waals surface area contributed by atoms with Crippen LogP contribution in [-0.4, -0.2) is 33.0 Å². The summed E-state index contributed by atoms with van der Waals surface area (Å²) < 4.78 is 0. The summed E-state index contributed by atoms with van der Waals surface area (Å²) in [7, 11) is 0. The van der Waals surface area contributed by atoms with Crippen LogP contribution in [0.3, 0.4) is 0 Å². The van der Waals surface area contributed by atoms with Crippen molar-refractivity contribution in [2.75, 3.05) is 11.9 Å². The van der Waals surface area contributed by atoms with Gasteiger partial charge in [0.1, 0.15) is 5.01 Å². The number of aromatic amines is 1. The van der Waals surface area contributed by atoms with Crippen molar-refractivity contribution < 1.29 is 0 Å². The highest BCUT2D eigenvalue weighted by Gasteiger charge is 2.12. The summed E-state index contributed by atoms with van der Waals surface area (Å²) in [6, 6.07) is 14.5. The molecule has 0 aliphatic rings. The van der Waals surface area contributed by atoms with Gasteiger partial charge in [-0.2, -0.15) is 5.10 Å². The molecule has 6 nitrogen and oxygen atoms in total. The number of fused-ring (bicyclic) bond motifs is 1. The van der Waals surface area contributed by atoms with Crippen LogP contribution in [0.15, 0.2) is 48.7 Å². The molecular weight excluding hydrogens is 344 g/mol. The lowest BCUT2D eigenvalue weighted by Crippen LogP contribution is -2.31. The summed E-state index contributed by atoms with van der Waals surface area (Å²) in [5, 5.41) is 21.7. The number of nitrogens with one attached hydrogen (secondary N) is 2. The van der Waals surface area contributed by atoms with Crippen LogP contribution in [-0.2, 0) is 6.42 Å². The molecule has 2 aromatic carbocycles. The molecule has 0 aliphatic carbocycles. The highest BCUT2D eigenvalue weighted by molar-refractivity contribution is 7.18. The molecule has 7 heteroatoms. The number of benzene rings is 2. The molecule has 132 valence electrons. The Hall–Kier alpha value is -2.77. The van der Waals surface area contributed by atoms with Crippen molar-refractivity contribution in [1.82, 2.24) is 20.4 Å². The zero-order chi connectivity index (χ0) is 17.9. The molecule has 2 aromatic heterocycles. The van der Waals surface area contributed by atoms with Gasteiger partial charge in [-0.15, -0.1) is 10.2 Å². The van der Waals surface area contributed by atoms with Crippen LogP contribution in [0.25, 0.3) is 21.5 Å². The maximum Gasteiger partial charge on any atom is 0.206 e. The number of H-pyrrole nitrogens is 1. The Morgan fingerprint density at radius 1 is 1.19 bits per heavy atom. The zero-order valence-electron chi connectivity index (χ0n) is 14.4. The Balaban J connectivity index is 1.43. The van der Waals surface area contributed by atoms with Crippen molar-refractivity contribution >= 4 is 27.4 Å². The summed E-state index contributed by atoms with van der Waals surface area (Å²) >= 11 is 1.54. The van der Waals surface area contributed by atoms with Gasteiger partial charge >= 0.3 is 0 Å². The molecule has 0 bridgehead atoms. The quantitative estimate of drug-likeness (QED) is 0.488. The summed E-state index contributed by atoms with van der Waals surface area (Å²) in [4.78, 5) is 0. The van der Waals surface area contributed by atoms with Crippen molar-refractivity contribution in [3.8, 4) is 10.6 Å². The van der Waals surface area contributed by atoms with Crippen LogP contribution in [0.1, 0.15) is 11.1 Å². The topological polar surface area (TPSA) is 92.5 Å². The largest absolute Gasteiger partial charge is 0.359 e. The summed E-state index contributed by atoms with van der Waals surface area (Å²) in [5.41, 5.74) is 10.7. The van der Waals surface area contributed by atoms with E-state index in [1.165, 1.54) is 5.56 Å². The molecule has 26 heavy (non-hydrogen) atoms. The van der Waals surface area contributed by atoms with Crippen LogP contribution in [0, 0.1) is 6.92 Å². The number of hydrogen-bond acceptors (Lipinski definition) is 6. The first kappa shape index (κ1) is 16.7. The first-order valence-electron chi connectivity index (χ1n) is 8.50. The van der Waals surface area contributed by atoms with Gasteiger partial charge in [-0.25, -0.2) is 0 Å². The van der Waals surface area contributed by atoms with E-state index in [1.54, 1.807) is 11.3 Å². The molecule has 4 rings (SSSR count). The third-order valence-electron chi connectivity index (χ3n) is 4.30. The van der Waals surface area contributed by atoms with Crippen LogP contribution in [0.5, 0.6) is 0 Å². The fourth-order valence-corrected chi connectivity index (χ4v) is 3.77. The van der Waals surface area contributed by atoms with Gasteiger partial charge < -0.3 is 11.1 Å². The second kappa shape index (κ2) is 7.23. The lowest BCUT2D eigenvalue weighted by Gasteiger charge is -2.11. The van der Waals surface area contributed by atoms with E-state index in [4.69, 9.17) is 5.73 Å². The lowest BCUT2D eigenvalue weighted by atomic mass is 10.1. The van der Waals surface area contributed by atoms with E-state index in [9.17, 15) is 0 Å². The Morgan fingerprint density at radius 2 is 2.04 bits per heavy atom. The Labute approximate surface area is 155 Å². The van der Waals surface area contributed by atoms with Crippen molar-refractivity contribution in [2.45, 2.75) is 19.4 Å². The fraction of sp³-hybridized carbons (Fsp3) is 0.211. The Kier molecular flexibility index (Phi) is 4.64. The van der Waals surface area contributed by atoms with Gasteiger partial charge in [0.2, 0.25) is 5.13 Å². The predicted molar refractivity (Wildman–Crippen MR) is 106 cm³/mol. The average molecular weight is 364 g/mol. The number of nitrogens with zero attached hydrogens (tertiary/aromatic N) is 3. The predicted octanol–water partition coefficient (Wildman–Crippen LogP) is 3.37. The molecule has 0 unspecified atom stereocenters. The van der Waals surface area contributed by atoms with Crippen LogP contribution in [0.4, 0.5) is 5.13 Å². The van der Waals surface area contributed by atoms with Gasteiger partial charge in [0.25, 0.3) is 0 Å². The highest BCUT2D eigenvalue weighted by Crippen LogP contribution is 2.31. The molecule has 0 amide bonds. The van der Waals surface area contributed by atoms with Crippen LogP contribution in [0.2, 0.25) is 0 Å². The van der Waals surface area contributed by atoms with Gasteiger partial charge in [0.15, 0.2) is 0 Å². The number of aryl methyl sites for hydroxylation is 1. The SMILES string of the molecule is Cc1cc2[nH]ncc2cc1-c1nnc(NC[C@H](N)Cc2ccccc2)s1. The molecule has 0 spiro atoms. The standard InChI is InChI=1S/C19H20N6S/c1-12-7-17-14(10-22-23-17)9-16(12)18-24-25-19(26-18)21-11-15(20)8-13-5-3-2-4-6-13/h2-7,9-10,15H,8,11,20H2,1H3,(H,21,25)(H,22,23)/t15-/m1/s1. The van der Waals surface area contributed by atoms with Crippen molar-refractivity contribution in [2.24, 2.45) is 5.73 Å². The Bertz CT molecular complexity index is 1010. The molecule has 0 radical (unpaired) electrons. The van der Waals surface area contributed by atoms with Crippen molar-refractivity contribution in [3.63, 3.8) is 0 Å². The van der Waals surface area contributed by atoms with E-state index in [0.717, 1.165) is 38.6 Å². The third-order valence-corrected chi connectivity index (χ3v) is 5.21. The summed E-state index contributed by atoms with van der Waals surface area (Å²) in [6.45, 7) is 2.73. The Morgan fingerprint density at radius 3 is 2.88 bits per heavy atom. The smallest absolute Gasteiger partial charge is 0.206 e. The van der Waals surface area contributed by atoms with E-state index >= 15 is 0 Å². The van der Waals surface area contributed by atoms with Crippen molar-refractivity contribution in [1.29, 1.82) is 0 Å². The molecule has 4 N–H and O–H groups in total. The average Bonchev–Trinajstić information content (AvgIpc) is 3.29. The molecule has 4 aromatic rings. The number of anilines is 1. The zero-order valence-corrected chi connectivity index (χ0v) is 15.3. The van der Waals surface area contributed by atoms with E-state index in [-0.39, 0.29) is 6.04 Å². The summed E-state index contributed by atoms with van der Waals surface area (Å²) in [5.74, 6) is 0. The van der Waals surface area contributed by atoms with Gasteiger partial charge in [0.05, 0.1) is 11.7 Å². The van der Waals surface area contributed by atoms with E-state index in [0.29, 0.717) is 6.54 Å². The van der Waals surface area contributed by atoms with Gasteiger partial charge in [-0.05, 0) is 36.6 Å². The molecule has 0 aliphatic heterocycles. The van der Waals surface area contributed by atoms with Crippen molar-refractivity contribution in [3.05, 3.63) is 59.8 Å². The monoisotopic (exact) mass is 364 g/mol. The molecule has 0 saturated carbocycles. The first-order valence-corrected chi connectivity index (χ1v) is 9.31. The summed E-state index contributed by atoms with van der Waals surface area (Å²) in [6.07, 6.45) is 2.65.